The molecule has 12 aromatic rings. The zero-order valence-corrected chi connectivity index (χ0v) is 44.0. The molecule has 2 aliphatic rings. The van der Waals surface area contributed by atoms with Gasteiger partial charge in [-0.3, -0.25) is 0 Å². The van der Waals surface area contributed by atoms with Crippen LogP contribution in [0.3, 0.4) is 0 Å². The van der Waals surface area contributed by atoms with Crippen LogP contribution in [0.25, 0.3) is 67.4 Å². The van der Waals surface area contributed by atoms with Gasteiger partial charge >= 0.3 is 0 Å². The molecular formula is C71H56N4O2. The Balaban J connectivity index is 0.991. The van der Waals surface area contributed by atoms with E-state index in [2.05, 4.69) is 233 Å². The first kappa shape index (κ1) is 46.3. The summed E-state index contributed by atoms with van der Waals surface area (Å²) in [6.45, 7) is 14.0. The van der Waals surface area contributed by atoms with Gasteiger partial charge in [0, 0.05) is 45.3 Å². The summed E-state index contributed by atoms with van der Waals surface area (Å²) in [6.07, 6.45) is 0. The lowest BCUT2D eigenvalue weighted by Crippen LogP contribution is -2.28. The molecule has 2 heterocycles. The first-order valence-corrected chi connectivity index (χ1v) is 26.6. The van der Waals surface area contributed by atoms with E-state index in [4.69, 9.17) is 18.8 Å². The summed E-state index contributed by atoms with van der Waals surface area (Å²) in [4.78, 5) is 14.4. The van der Waals surface area contributed by atoms with E-state index in [1.165, 1.54) is 55.6 Å². The van der Waals surface area contributed by atoms with Crippen LogP contribution in [0.1, 0.15) is 74.9 Å². The number of hydrogen-bond donors (Lipinski definition) is 0. The third-order valence-electron chi connectivity index (χ3n) is 15.9. The van der Waals surface area contributed by atoms with Gasteiger partial charge < -0.3 is 18.6 Å². The number of benzene rings is 10. The average molecular weight is 997 g/mol. The lowest BCUT2D eigenvalue weighted by molar-refractivity contribution is 0.586. The molecule has 0 unspecified atom stereocenters. The van der Waals surface area contributed by atoms with Crippen LogP contribution in [-0.2, 0) is 16.2 Å². The van der Waals surface area contributed by atoms with Crippen LogP contribution in [-0.4, -0.2) is 9.97 Å². The molecule has 2 aromatic heterocycles. The number of oxazole rings is 2. The molecule has 0 saturated carbocycles. The minimum absolute atomic E-state index is 0.0994. The van der Waals surface area contributed by atoms with Crippen molar-refractivity contribution in [2.75, 3.05) is 9.80 Å². The van der Waals surface area contributed by atoms with Gasteiger partial charge in [-0.15, -0.1) is 0 Å². The summed E-state index contributed by atoms with van der Waals surface area (Å²) in [5, 5.41) is 0. The number of anilines is 6. The highest BCUT2D eigenvalue weighted by Gasteiger charge is 2.53. The average Bonchev–Trinajstić information content (AvgIpc) is 4.10. The molecule has 1 spiro atoms. The Morgan fingerprint density at radius 1 is 0.325 bits per heavy atom. The molecule has 0 amide bonds. The van der Waals surface area contributed by atoms with E-state index in [-0.39, 0.29) is 10.8 Å². The number of hydrogen-bond acceptors (Lipinski definition) is 6. The molecule has 2 aliphatic carbocycles. The number of rotatable bonds is 8. The van der Waals surface area contributed by atoms with E-state index in [9.17, 15) is 0 Å². The fourth-order valence-corrected chi connectivity index (χ4v) is 12.0. The molecule has 6 nitrogen and oxygen atoms in total. The maximum absolute atomic E-state index is 6.24. The highest BCUT2D eigenvalue weighted by molar-refractivity contribution is 5.98. The van der Waals surface area contributed by atoms with Crippen LogP contribution in [0.2, 0.25) is 0 Å². The summed E-state index contributed by atoms with van der Waals surface area (Å²) in [5.41, 5.74) is 23.2. The molecule has 0 bridgehead atoms. The van der Waals surface area contributed by atoms with Crippen molar-refractivity contribution in [2.45, 2.75) is 57.8 Å². The third-order valence-corrected chi connectivity index (χ3v) is 15.9. The maximum Gasteiger partial charge on any atom is 0.227 e. The topological polar surface area (TPSA) is 58.5 Å². The summed E-state index contributed by atoms with van der Waals surface area (Å²) in [5.74, 6) is 1.21. The molecule has 77 heavy (non-hydrogen) atoms. The van der Waals surface area contributed by atoms with Crippen LogP contribution >= 0.6 is 0 Å². The second-order valence-electron chi connectivity index (χ2n) is 22.6. The Morgan fingerprint density at radius 2 is 0.649 bits per heavy atom. The Bertz CT molecular complexity index is 3890. The van der Waals surface area contributed by atoms with Crippen LogP contribution in [0.4, 0.5) is 34.1 Å². The van der Waals surface area contributed by atoms with E-state index in [0.29, 0.717) is 11.8 Å². The van der Waals surface area contributed by atoms with Crippen molar-refractivity contribution >= 4 is 56.3 Å². The highest BCUT2D eigenvalue weighted by atomic mass is 16.4. The Hall–Kier alpha value is -9.26. The first-order chi connectivity index (χ1) is 37.4. The quantitative estimate of drug-likeness (QED) is 0.151. The predicted octanol–water partition coefficient (Wildman–Crippen LogP) is 19.2. The van der Waals surface area contributed by atoms with Crippen LogP contribution in [0.15, 0.2) is 239 Å². The molecule has 0 saturated heterocycles. The minimum Gasteiger partial charge on any atom is -0.436 e. The number of fused-ring (bicyclic) bond motifs is 12. The van der Waals surface area contributed by atoms with Crippen molar-refractivity contribution in [3.63, 3.8) is 0 Å². The molecule has 0 atom stereocenters. The lowest BCUT2D eigenvalue weighted by atomic mass is 9.68. The van der Waals surface area contributed by atoms with E-state index in [1.807, 2.05) is 48.5 Å². The number of nitrogens with zero attached hydrogens (tertiary/aromatic N) is 4. The van der Waals surface area contributed by atoms with Gasteiger partial charge in [0.05, 0.1) is 5.41 Å². The third kappa shape index (κ3) is 7.53. The Morgan fingerprint density at radius 3 is 1.03 bits per heavy atom. The molecule has 0 aliphatic heterocycles. The maximum atomic E-state index is 6.24. The van der Waals surface area contributed by atoms with Crippen LogP contribution < -0.4 is 9.80 Å². The molecule has 0 N–H and O–H groups in total. The zero-order valence-electron chi connectivity index (χ0n) is 44.0. The van der Waals surface area contributed by atoms with Crippen LogP contribution in [0, 0.1) is 0 Å². The van der Waals surface area contributed by atoms with Gasteiger partial charge in [-0.1, -0.05) is 151 Å². The van der Waals surface area contributed by atoms with Crippen molar-refractivity contribution < 1.29 is 8.83 Å². The fraction of sp³-hybridized carbons (Fsp3) is 0.127. The Labute approximate surface area is 449 Å². The number of aromatic nitrogens is 2. The SMILES string of the molecule is CC(C)(C)c1ccc2c(c1)C1(c3cc(N(c4ccccc4)c4ccc(-c5nc6ccccc6o5)cc4)ccc3-c3ccc(N(c4ccccc4)c4ccc(-c5nc6ccccc6o5)cc4)cc31)c1cc(C(C)(C)C)ccc1-2. The zero-order chi connectivity index (χ0) is 52.2. The summed E-state index contributed by atoms with van der Waals surface area (Å²) in [7, 11) is 0. The van der Waals surface area contributed by atoms with Crippen molar-refractivity contribution in [1.82, 2.24) is 9.97 Å². The predicted molar refractivity (Wildman–Crippen MR) is 316 cm³/mol. The van der Waals surface area contributed by atoms with E-state index in [0.717, 1.165) is 67.5 Å². The van der Waals surface area contributed by atoms with Gasteiger partial charge in [0.1, 0.15) is 11.0 Å². The van der Waals surface area contributed by atoms with Crippen molar-refractivity contribution in [3.8, 4) is 45.2 Å². The molecule has 10 aromatic carbocycles. The lowest BCUT2D eigenvalue weighted by Gasteiger charge is -2.34. The summed E-state index contributed by atoms with van der Waals surface area (Å²) < 4.78 is 12.5. The van der Waals surface area contributed by atoms with Gasteiger partial charge in [-0.2, -0.15) is 0 Å². The standard InChI is InChI=1S/C71H56N4O2/c1-69(2,3)47-29-37-55-56-38-30-48(70(4,5)6)42-60(56)71(59(55)41-47)61-43-53(74(49-17-9-7-10-18-49)51-31-25-45(26-32-51)67-72-63-21-13-15-23-65(63)76-67)35-39-57(61)58-40-36-54(44-62(58)71)75(50-19-11-8-12-20-50)52-33-27-46(28-34-52)68-73-64-22-14-16-24-66(64)77-68/h7-44H,1-6H3. The van der Waals surface area contributed by atoms with Gasteiger partial charge in [0.15, 0.2) is 11.2 Å². The van der Waals surface area contributed by atoms with Gasteiger partial charge in [0.25, 0.3) is 0 Å². The normalized spacial score (nSPS) is 13.2. The summed E-state index contributed by atoms with van der Waals surface area (Å²) in [6, 6.07) is 83.4. The Kier molecular flexibility index (Phi) is 10.5. The van der Waals surface area contributed by atoms with Gasteiger partial charge in [-0.25, -0.2) is 9.97 Å². The van der Waals surface area contributed by atoms with E-state index < -0.39 is 5.41 Å². The highest BCUT2D eigenvalue weighted by Crippen LogP contribution is 2.65. The van der Waals surface area contributed by atoms with Crippen molar-refractivity contribution in [2.24, 2.45) is 0 Å². The smallest absolute Gasteiger partial charge is 0.227 e. The molecule has 0 fully saturated rings. The second kappa shape index (κ2) is 17.4. The molecular weight excluding hydrogens is 941 g/mol. The van der Waals surface area contributed by atoms with Crippen molar-refractivity contribution in [1.29, 1.82) is 0 Å². The first-order valence-electron chi connectivity index (χ1n) is 26.6. The summed E-state index contributed by atoms with van der Waals surface area (Å²) >= 11 is 0. The molecule has 6 heteroatoms. The van der Waals surface area contributed by atoms with Gasteiger partial charge in [-0.05, 0) is 188 Å². The minimum atomic E-state index is -0.692. The monoisotopic (exact) mass is 996 g/mol. The largest absolute Gasteiger partial charge is 0.436 e. The molecule has 0 radical (unpaired) electrons. The molecule has 14 rings (SSSR count). The van der Waals surface area contributed by atoms with E-state index in [1.54, 1.807) is 0 Å². The van der Waals surface area contributed by atoms with Crippen molar-refractivity contribution in [3.05, 3.63) is 264 Å². The second-order valence-corrected chi connectivity index (χ2v) is 22.6. The number of para-hydroxylation sites is 6. The van der Waals surface area contributed by atoms with Gasteiger partial charge in [0.2, 0.25) is 11.8 Å². The van der Waals surface area contributed by atoms with E-state index >= 15 is 0 Å². The molecule has 372 valence electrons. The van der Waals surface area contributed by atoms with Crippen LogP contribution in [0.5, 0.6) is 0 Å². The fourth-order valence-electron chi connectivity index (χ4n) is 12.0.